The monoisotopic (exact) mass is 359 g/mol. The smallest absolute Gasteiger partial charge is 0.194 e. The molecule has 0 atom stereocenters. The normalized spacial score (nSPS) is 17.8. The number of carbonyl (C=O) groups is 2. The number of Topliss-reactive ketones (excluding diaryl/α,β-unsaturated/α-hetero) is 2. The third-order valence-electron chi connectivity index (χ3n) is 5.56. The molecule has 2 aromatic rings. The molecule has 3 nitrogen and oxygen atoms in total. The maximum Gasteiger partial charge on any atom is 0.194 e. The second kappa shape index (κ2) is 8.01. The summed E-state index contributed by atoms with van der Waals surface area (Å²) in [7, 11) is 0. The van der Waals surface area contributed by atoms with Gasteiger partial charge in [0.2, 0.25) is 0 Å². The molecule has 138 valence electrons. The predicted molar refractivity (Wildman–Crippen MR) is 109 cm³/mol. The van der Waals surface area contributed by atoms with E-state index >= 15 is 0 Å². The second-order valence-corrected chi connectivity index (χ2v) is 7.49. The molecule has 1 fully saturated rings. The molecule has 1 aliphatic heterocycles. The number of hydrogen-bond donors (Lipinski definition) is 0. The summed E-state index contributed by atoms with van der Waals surface area (Å²) in [5, 5.41) is 0. The van der Waals surface area contributed by atoms with E-state index in [4.69, 9.17) is 0 Å². The van der Waals surface area contributed by atoms with E-state index in [2.05, 4.69) is 4.90 Å². The molecule has 0 amide bonds. The third kappa shape index (κ3) is 3.93. The number of unbranched alkanes of at least 4 members (excludes halogenated alkanes) is 1. The number of nitrogens with zero attached hydrogens (tertiary/aromatic N) is 1. The summed E-state index contributed by atoms with van der Waals surface area (Å²) in [6, 6.07) is 15.4. The van der Waals surface area contributed by atoms with Crippen LogP contribution in [0, 0.1) is 0 Å². The number of carbonyl (C=O) groups excluding carboxylic acids is 2. The molecule has 2 aromatic carbocycles. The molecule has 0 saturated carbocycles. The van der Waals surface area contributed by atoms with Crippen molar-refractivity contribution in [2.75, 3.05) is 19.6 Å². The summed E-state index contributed by atoms with van der Waals surface area (Å²) in [4.78, 5) is 27.4. The lowest BCUT2D eigenvalue weighted by molar-refractivity contribution is 0.0978. The van der Waals surface area contributed by atoms with Gasteiger partial charge in [-0.2, -0.15) is 0 Å². The lowest BCUT2D eigenvalue weighted by Crippen LogP contribution is -2.20. The Balaban J connectivity index is 1.36. The van der Waals surface area contributed by atoms with Crippen LogP contribution in [0.5, 0.6) is 0 Å². The lowest BCUT2D eigenvalue weighted by Gasteiger charge is -2.22. The van der Waals surface area contributed by atoms with Gasteiger partial charge >= 0.3 is 0 Å². The van der Waals surface area contributed by atoms with Gasteiger partial charge < -0.3 is 4.90 Å². The maximum absolute atomic E-state index is 12.5. The maximum atomic E-state index is 12.5. The van der Waals surface area contributed by atoms with E-state index in [1.807, 2.05) is 48.5 Å². The van der Waals surface area contributed by atoms with E-state index in [1.165, 1.54) is 25.9 Å². The summed E-state index contributed by atoms with van der Waals surface area (Å²) >= 11 is 0. The van der Waals surface area contributed by atoms with E-state index in [1.54, 1.807) is 6.07 Å². The Morgan fingerprint density at radius 1 is 0.963 bits per heavy atom. The van der Waals surface area contributed by atoms with Crippen LogP contribution in [0.2, 0.25) is 0 Å². The molecule has 1 aliphatic carbocycles. The highest BCUT2D eigenvalue weighted by atomic mass is 16.1. The summed E-state index contributed by atoms with van der Waals surface area (Å²) in [5.74, 6) is 0.185. The van der Waals surface area contributed by atoms with Crippen LogP contribution < -0.4 is 0 Å². The summed E-state index contributed by atoms with van der Waals surface area (Å²) in [5.41, 5.74) is 4.06. The molecule has 0 unspecified atom stereocenters. The highest BCUT2D eigenvalue weighted by molar-refractivity contribution is 6.42. The van der Waals surface area contributed by atoms with Gasteiger partial charge in [0.05, 0.1) is 0 Å². The molecule has 2 aliphatic rings. The van der Waals surface area contributed by atoms with Crippen molar-refractivity contribution in [3.8, 4) is 0 Å². The molecule has 4 rings (SSSR count). The average Bonchev–Trinajstić information content (AvgIpc) is 3.23. The molecule has 0 spiro atoms. The number of hydrogen-bond acceptors (Lipinski definition) is 3. The zero-order chi connectivity index (χ0) is 18.6. The summed E-state index contributed by atoms with van der Waals surface area (Å²) < 4.78 is 0. The standard InChI is InChI=1S/C24H25NO2/c26-23(10-4-5-13-25-14-6-7-15-25)19-11-12-20-21(24(27)22(20)17-19)16-18-8-2-1-3-9-18/h1-3,8-9,11-12,16-17H,4-7,10,13-15H2/b21-16+. The van der Waals surface area contributed by atoms with Crippen molar-refractivity contribution in [2.24, 2.45) is 0 Å². The van der Waals surface area contributed by atoms with Crippen LogP contribution in [0.15, 0.2) is 48.5 Å². The quantitative estimate of drug-likeness (QED) is 0.402. The van der Waals surface area contributed by atoms with Crippen LogP contribution in [0.3, 0.4) is 0 Å². The van der Waals surface area contributed by atoms with Crippen molar-refractivity contribution in [1.29, 1.82) is 0 Å². The van der Waals surface area contributed by atoms with Crippen LogP contribution in [0.4, 0.5) is 0 Å². The number of allylic oxidation sites excluding steroid dienone is 1. The molecule has 1 saturated heterocycles. The Hall–Kier alpha value is -2.52. The number of ketones is 2. The SMILES string of the molecule is O=C(CCCCN1CCCC1)c1ccc2c(c1)C(=O)/C2=C/c1ccccc1. The van der Waals surface area contributed by atoms with Gasteiger partial charge in [0.1, 0.15) is 0 Å². The van der Waals surface area contributed by atoms with Crippen molar-refractivity contribution >= 4 is 23.2 Å². The Morgan fingerprint density at radius 2 is 1.74 bits per heavy atom. The molecule has 1 heterocycles. The average molecular weight is 359 g/mol. The Labute approximate surface area is 160 Å². The Kier molecular flexibility index (Phi) is 5.30. The number of benzene rings is 2. The fourth-order valence-corrected chi connectivity index (χ4v) is 3.98. The van der Waals surface area contributed by atoms with E-state index < -0.39 is 0 Å². The van der Waals surface area contributed by atoms with E-state index in [0.29, 0.717) is 17.5 Å². The first-order valence-corrected chi connectivity index (χ1v) is 9.94. The van der Waals surface area contributed by atoms with Gasteiger partial charge in [0.25, 0.3) is 0 Å². The van der Waals surface area contributed by atoms with Crippen LogP contribution in [0.25, 0.3) is 11.6 Å². The minimum absolute atomic E-state index is 0.0394. The second-order valence-electron chi connectivity index (χ2n) is 7.49. The molecule has 0 aromatic heterocycles. The van der Waals surface area contributed by atoms with Crippen LogP contribution in [-0.4, -0.2) is 36.1 Å². The number of rotatable bonds is 7. The van der Waals surface area contributed by atoms with Gasteiger partial charge in [0.15, 0.2) is 11.6 Å². The minimum Gasteiger partial charge on any atom is -0.303 e. The predicted octanol–water partition coefficient (Wildman–Crippen LogP) is 4.87. The molecular formula is C24H25NO2. The van der Waals surface area contributed by atoms with Gasteiger partial charge in [-0.3, -0.25) is 9.59 Å². The first kappa shape index (κ1) is 17.9. The van der Waals surface area contributed by atoms with Crippen molar-refractivity contribution in [2.45, 2.75) is 32.1 Å². The zero-order valence-electron chi connectivity index (χ0n) is 15.6. The molecule has 0 N–H and O–H groups in total. The Bertz CT molecular complexity index is 877. The molecule has 27 heavy (non-hydrogen) atoms. The zero-order valence-corrected chi connectivity index (χ0v) is 15.6. The first-order valence-electron chi connectivity index (χ1n) is 9.94. The fraction of sp³-hybridized carbons (Fsp3) is 0.333. The summed E-state index contributed by atoms with van der Waals surface area (Å²) in [6.45, 7) is 3.52. The van der Waals surface area contributed by atoms with Gasteiger partial charge in [-0.05, 0) is 68.6 Å². The van der Waals surface area contributed by atoms with Gasteiger partial charge in [-0.1, -0.05) is 42.5 Å². The minimum atomic E-state index is 0.0394. The van der Waals surface area contributed by atoms with E-state index in [9.17, 15) is 9.59 Å². The lowest BCUT2D eigenvalue weighted by atomic mass is 9.79. The summed E-state index contributed by atoms with van der Waals surface area (Å²) in [6.07, 6.45) is 7.09. The van der Waals surface area contributed by atoms with Crippen LogP contribution >= 0.6 is 0 Å². The van der Waals surface area contributed by atoms with Gasteiger partial charge in [0, 0.05) is 23.1 Å². The fourth-order valence-electron chi connectivity index (χ4n) is 3.98. The third-order valence-corrected chi connectivity index (χ3v) is 5.56. The molecule has 0 bridgehead atoms. The molecular weight excluding hydrogens is 334 g/mol. The molecule has 3 heteroatoms. The van der Waals surface area contributed by atoms with Gasteiger partial charge in [-0.15, -0.1) is 0 Å². The van der Waals surface area contributed by atoms with Crippen molar-refractivity contribution in [3.05, 3.63) is 70.8 Å². The number of likely N-dealkylation sites (tertiary alicyclic amines) is 1. The molecule has 0 radical (unpaired) electrons. The largest absolute Gasteiger partial charge is 0.303 e. The van der Waals surface area contributed by atoms with Crippen molar-refractivity contribution in [1.82, 2.24) is 4.90 Å². The van der Waals surface area contributed by atoms with E-state index in [-0.39, 0.29) is 11.6 Å². The van der Waals surface area contributed by atoms with Gasteiger partial charge in [-0.25, -0.2) is 0 Å². The highest BCUT2D eigenvalue weighted by Gasteiger charge is 2.30. The van der Waals surface area contributed by atoms with Crippen molar-refractivity contribution in [3.63, 3.8) is 0 Å². The van der Waals surface area contributed by atoms with Crippen LogP contribution in [-0.2, 0) is 0 Å². The Morgan fingerprint density at radius 3 is 2.52 bits per heavy atom. The van der Waals surface area contributed by atoms with E-state index in [0.717, 1.165) is 36.1 Å². The highest BCUT2D eigenvalue weighted by Crippen LogP contribution is 2.36. The first-order chi connectivity index (χ1) is 13.2. The van der Waals surface area contributed by atoms with Crippen LogP contribution in [0.1, 0.15) is 63.9 Å². The number of fused-ring (bicyclic) bond motifs is 1. The van der Waals surface area contributed by atoms with Crippen molar-refractivity contribution < 1.29 is 9.59 Å². The topological polar surface area (TPSA) is 37.4 Å².